The molecule has 0 aliphatic carbocycles. The lowest BCUT2D eigenvalue weighted by atomic mass is 9.89. The molecule has 2 unspecified atom stereocenters. The fourth-order valence-corrected chi connectivity index (χ4v) is 6.97. The Balaban J connectivity index is 1.45. The molecule has 2 aliphatic heterocycles. The molecule has 198 valence electrons. The van der Waals surface area contributed by atoms with E-state index in [9.17, 15) is 19.5 Å². The van der Waals surface area contributed by atoms with Crippen LogP contribution in [0.25, 0.3) is 0 Å². The fraction of sp³-hybridized carbons (Fsp3) is 0.474. The van der Waals surface area contributed by atoms with Gasteiger partial charge in [0.1, 0.15) is 23.4 Å². The zero-order chi connectivity index (χ0) is 26.9. The highest BCUT2D eigenvalue weighted by molar-refractivity contribution is 8.00. The van der Waals surface area contributed by atoms with Crippen LogP contribution in [0.3, 0.4) is 0 Å². The number of nitrogens with two attached hydrogens (primary N) is 3. The van der Waals surface area contributed by atoms with Crippen molar-refractivity contribution in [2.75, 3.05) is 41.9 Å². The molecule has 2 fully saturated rings. The summed E-state index contributed by atoms with van der Waals surface area (Å²) in [5.41, 5.74) is 15.9. The second-order valence-electron chi connectivity index (χ2n) is 8.25. The number of hydrogen-bond acceptors (Lipinski definition) is 14. The monoisotopic (exact) mass is 569 g/mol. The maximum Gasteiger partial charge on any atom is 0.313 e. The minimum absolute atomic E-state index is 0.0146. The Kier molecular flexibility index (Phi) is 7.60. The molecule has 2 aromatic heterocycles. The summed E-state index contributed by atoms with van der Waals surface area (Å²) in [4.78, 5) is 52.9. The Hall–Kier alpha value is -3.38. The van der Waals surface area contributed by atoms with E-state index < -0.39 is 34.6 Å². The van der Waals surface area contributed by atoms with Gasteiger partial charge in [-0.1, -0.05) is 21.9 Å². The molecule has 2 amide bonds. The SMILES string of the molecule is CCON=C(C(=O)NC1C(=O)N2CC(CSc3nc(N)cc(N)[n+]3C)(C(=O)O)CS[C@H]12)c1nsc(N)n1. The fourth-order valence-electron chi connectivity index (χ4n) is 3.67. The molecule has 3 atom stereocenters. The van der Waals surface area contributed by atoms with Crippen LogP contribution in [0.2, 0.25) is 0 Å². The van der Waals surface area contributed by atoms with Crippen molar-refractivity contribution >= 4 is 75.3 Å². The Morgan fingerprint density at radius 2 is 2.16 bits per heavy atom. The average Bonchev–Trinajstić information content (AvgIpc) is 3.29. The standard InChI is InChI=1S/C19H24N10O5S3/c1-3-34-26-10(12-25-17(22)37-27-12)13(30)24-11-14(31)29-5-19(16(32)33,6-35-15(11)29)7-36-18-23-8(20)4-9(21)28(18)2/h4,11,15H,3,5-7H2,1-2H3,(H7,20,21,22,24,25,27,30,32,33)/p+1/t11?,15-,19?/m1/s1. The summed E-state index contributed by atoms with van der Waals surface area (Å²) in [6, 6.07) is 0.641. The van der Waals surface area contributed by atoms with Gasteiger partial charge in [-0.15, -0.1) is 11.8 Å². The lowest BCUT2D eigenvalue weighted by molar-refractivity contribution is -0.698. The molecule has 15 nitrogen and oxygen atoms in total. The van der Waals surface area contributed by atoms with Crippen molar-refractivity contribution in [2.45, 2.75) is 23.5 Å². The molecule has 0 radical (unpaired) electrons. The average molecular weight is 570 g/mol. The normalized spacial score (nSPS) is 23.2. The van der Waals surface area contributed by atoms with Crippen LogP contribution in [0.15, 0.2) is 16.4 Å². The van der Waals surface area contributed by atoms with Crippen LogP contribution in [0.4, 0.5) is 16.8 Å². The number of rotatable bonds is 9. The smallest absolute Gasteiger partial charge is 0.313 e. The third kappa shape index (κ3) is 5.21. The van der Waals surface area contributed by atoms with E-state index in [0.717, 1.165) is 11.5 Å². The summed E-state index contributed by atoms with van der Waals surface area (Å²) in [6.07, 6.45) is 0. The molecule has 4 rings (SSSR count). The molecule has 0 saturated carbocycles. The molecule has 2 saturated heterocycles. The first-order valence-electron chi connectivity index (χ1n) is 10.9. The van der Waals surface area contributed by atoms with Crippen molar-refractivity contribution < 1.29 is 28.9 Å². The number of carboxylic acid groups (broad SMARTS) is 1. The van der Waals surface area contributed by atoms with Crippen molar-refractivity contribution in [1.29, 1.82) is 0 Å². The zero-order valence-corrected chi connectivity index (χ0v) is 22.2. The first-order chi connectivity index (χ1) is 17.6. The number of carbonyl (C=O) groups excluding carboxylic acids is 2. The molecular weight excluding hydrogens is 544 g/mol. The highest BCUT2D eigenvalue weighted by atomic mass is 32.2. The number of nitrogens with zero attached hydrogens (tertiary/aromatic N) is 6. The topological polar surface area (TPSA) is 229 Å². The number of carboxylic acids is 1. The summed E-state index contributed by atoms with van der Waals surface area (Å²) < 4.78 is 5.60. The number of aromatic nitrogens is 4. The summed E-state index contributed by atoms with van der Waals surface area (Å²) in [7, 11) is 1.70. The van der Waals surface area contributed by atoms with Gasteiger partial charge in [0.15, 0.2) is 5.13 Å². The predicted octanol–water partition coefficient (Wildman–Crippen LogP) is -1.49. The summed E-state index contributed by atoms with van der Waals surface area (Å²) >= 11 is 3.37. The van der Waals surface area contributed by atoms with E-state index in [2.05, 4.69) is 24.8 Å². The third-order valence-electron chi connectivity index (χ3n) is 5.71. The predicted molar refractivity (Wildman–Crippen MR) is 137 cm³/mol. The number of amides is 2. The van der Waals surface area contributed by atoms with Crippen LogP contribution in [0, 0.1) is 5.41 Å². The van der Waals surface area contributed by atoms with Crippen LogP contribution in [-0.4, -0.2) is 83.9 Å². The summed E-state index contributed by atoms with van der Waals surface area (Å²) in [5.74, 6) is -1.20. The van der Waals surface area contributed by atoms with Crippen LogP contribution in [-0.2, 0) is 26.3 Å². The second kappa shape index (κ2) is 10.5. The van der Waals surface area contributed by atoms with Crippen molar-refractivity contribution in [3.63, 3.8) is 0 Å². The Bertz CT molecular complexity index is 1270. The maximum atomic E-state index is 13.0. The highest BCUT2D eigenvalue weighted by Crippen LogP contribution is 2.44. The van der Waals surface area contributed by atoms with Gasteiger partial charge in [0.25, 0.3) is 5.91 Å². The molecule has 2 aromatic rings. The maximum absolute atomic E-state index is 13.0. The number of hydrogen-bond donors (Lipinski definition) is 5. The quantitative estimate of drug-likeness (QED) is 0.0579. The van der Waals surface area contributed by atoms with Crippen molar-refractivity contribution in [1.82, 2.24) is 24.6 Å². The van der Waals surface area contributed by atoms with Gasteiger partial charge in [-0.05, 0) is 6.92 Å². The van der Waals surface area contributed by atoms with Crippen LogP contribution in [0.5, 0.6) is 0 Å². The number of anilines is 3. The van der Waals surface area contributed by atoms with Gasteiger partial charge < -0.3 is 37.4 Å². The second-order valence-corrected chi connectivity index (χ2v) is 11.1. The molecule has 8 N–H and O–H groups in total. The Morgan fingerprint density at radius 1 is 1.41 bits per heavy atom. The number of fused-ring (bicyclic) bond motifs is 1. The number of nitrogen functional groups attached to an aromatic ring is 3. The van der Waals surface area contributed by atoms with Gasteiger partial charge in [0.05, 0.1) is 13.1 Å². The number of nitrogens with one attached hydrogen (secondary N) is 1. The van der Waals surface area contributed by atoms with E-state index in [1.54, 1.807) is 18.5 Å². The van der Waals surface area contributed by atoms with Gasteiger partial charge in [-0.3, -0.25) is 14.4 Å². The summed E-state index contributed by atoms with van der Waals surface area (Å²) in [6.45, 7) is 1.87. The van der Waals surface area contributed by atoms with Gasteiger partial charge in [0, 0.05) is 29.6 Å². The number of carbonyl (C=O) groups is 3. The molecule has 37 heavy (non-hydrogen) atoms. The van der Waals surface area contributed by atoms with Crippen molar-refractivity contribution in [3.8, 4) is 0 Å². The zero-order valence-electron chi connectivity index (χ0n) is 19.8. The third-order valence-corrected chi connectivity index (χ3v) is 9.16. The van der Waals surface area contributed by atoms with Crippen LogP contribution < -0.4 is 27.1 Å². The van der Waals surface area contributed by atoms with E-state index in [1.807, 2.05) is 0 Å². The van der Waals surface area contributed by atoms with E-state index in [1.165, 1.54) is 34.5 Å². The van der Waals surface area contributed by atoms with E-state index in [0.29, 0.717) is 11.0 Å². The van der Waals surface area contributed by atoms with E-state index in [4.69, 9.17) is 22.0 Å². The molecule has 0 aromatic carbocycles. The van der Waals surface area contributed by atoms with Gasteiger partial charge >= 0.3 is 11.1 Å². The lowest BCUT2D eigenvalue weighted by Crippen LogP contribution is -2.74. The molecular formula is C19H25N10O5S3+. The number of aliphatic carboxylic acids is 1. The van der Waals surface area contributed by atoms with Gasteiger partial charge in [-0.25, -0.2) is 4.57 Å². The molecule has 4 heterocycles. The minimum Gasteiger partial charge on any atom is -0.481 e. The van der Waals surface area contributed by atoms with Gasteiger partial charge in [-0.2, -0.15) is 9.36 Å². The van der Waals surface area contributed by atoms with Crippen LogP contribution >= 0.6 is 35.1 Å². The van der Waals surface area contributed by atoms with E-state index >= 15 is 0 Å². The van der Waals surface area contributed by atoms with Crippen LogP contribution in [0.1, 0.15) is 12.7 Å². The van der Waals surface area contributed by atoms with E-state index in [-0.39, 0.29) is 47.1 Å². The highest BCUT2D eigenvalue weighted by Gasteiger charge is 2.57. The minimum atomic E-state index is -1.24. The number of β-lactam (4-membered cyclic amide) rings is 1. The largest absolute Gasteiger partial charge is 0.481 e. The van der Waals surface area contributed by atoms with Crippen molar-refractivity contribution in [2.24, 2.45) is 17.6 Å². The Morgan fingerprint density at radius 3 is 2.81 bits per heavy atom. The molecule has 0 spiro atoms. The van der Waals surface area contributed by atoms with Crippen molar-refractivity contribution in [3.05, 3.63) is 11.9 Å². The summed E-state index contributed by atoms with van der Waals surface area (Å²) in [5, 5.41) is 16.7. The molecule has 18 heteroatoms. The number of oxime groups is 1. The molecule has 2 aliphatic rings. The first-order valence-corrected chi connectivity index (χ1v) is 13.7. The van der Waals surface area contributed by atoms with Gasteiger partial charge in [0.2, 0.25) is 29.1 Å². The lowest BCUT2D eigenvalue weighted by Gasteiger charge is -2.53. The number of thioether (sulfide) groups is 2. The Labute approximate surface area is 223 Å². The first kappa shape index (κ1) is 26.7. The molecule has 0 bridgehead atoms.